The van der Waals surface area contributed by atoms with E-state index in [9.17, 15) is 19.3 Å². The minimum absolute atomic E-state index is 0.00131. The lowest BCUT2D eigenvalue weighted by molar-refractivity contribution is -0.384. The SMILES string of the molecule is COc1ccc(CN(C)CC(=O)Nc2ccc(C)cc2[N+](=O)[O-])cc1F. The molecule has 0 fully saturated rings. The molecule has 0 aromatic heterocycles. The maximum absolute atomic E-state index is 13.7. The Hall–Kier alpha value is -3.00. The number of rotatable bonds is 7. The van der Waals surface area contributed by atoms with Crippen molar-refractivity contribution in [1.82, 2.24) is 4.90 Å². The van der Waals surface area contributed by atoms with Crippen molar-refractivity contribution in [3.63, 3.8) is 0 Å². The molecule has 0 aliphatic rings. The van der Waals surface area contributed by atoms with Gasteiger partial charge in [0, 0.05) is 12.6 Å². The van der Waals surface area contributed by atoms with Gasteiger partial charge < -0.3 is 10.1 Å². The summed E-state index contributed by atoms with van der Waals surface area (Å²) in [4.78, 5) is 24.4. The van der Waals surface area contributed by atoms with Gasteiger partial charge in [-0.15, -0.1) is 0 Å². The number of nitrogens with one attached hydrogen (secondary N) is 1. The number of carbonyl (C=O) groups is 1. The van der Waals surface area contributed by atoms with Crippen LogP contribution in [0.1, 0.15) is 11.1 Å². The smallest absolute Gasteiger partial charge is 0.293 e. The Morgan fingerprint density at radius 3 is 2.65 bits per heavy atom. The van der Waals surface area contributed by atoms with Crippen LogP contribution in [0.4, 0.5) is 15.8 Å². The number of benzene rings is 2. The Labute approximate surface area is 150 Å². The third-order valence-corrected chi connectivity index (χ3v) is 3.71. The summed E-state index contributed by atoms with van der Waals surface area (Å²) in [5.74, 6) is -0.715. The highest BCUT2D eigenvalue weighted by Gasteiger charge is 2.17. The van der Waals surface area contributed by atoms with E-state index in [-0.39, 0.29) is 23.7 Å². The Morgan fingerprint density at radius 1 is 1.31 bits per heavy atom. The number of methoxy groups -OCH3 is 1. The molecule has 1 amide bonds. The van der Waals surface area contributed by atoms with Crippen LogP contribution in [0.2, 0.25) is 0 Å². The molecule has 7 nitrogen and oxygen atoms in total. The van der Waals surface area contributed by atoms with Crippen LogP contribution >= 0.6 is 0 Å². The fourth-order valence-corrected chi connectivity index (χ4v) is 2.51. The van der Waals surface area contributed by atoms with Crippen molar-refractivity contribution >= 4 is 17.3 Å². The highest BCUT2D eigenvalue weighted by Crippen LogP contribution is 2.25. The van der Waals surface area contributed by atoms with E-state index in [0.29, 0.717) is 12.1 Å². The quantitative estimate of drug-likeness (QED) is 0.605. The highest BCUT2D eigenvalue weighted by molar-refractivity contribution is 5.94. The predicted octanol–water partition coefficient (Wildman–Crippen LogP) is 3.12. The normalized spacial score (nSPS) is 10.7. The van der Waals surface area contributed by atoms with Crippen LogP contribution < -0.4 is 10.1 Å². The van der Waals surface area contributed by atoms with Crippen molar-refractivity contribution in [1.29, 1.82) is 0 Å². The van der Waals surface area contributed by atoms with Gasteiger partial charge in [0.2, 0.25) is 5.91 Å². The highest BCUT2D eigenvalue weighted by atomic mass is 19.1. The van der Waals surface area contributed by atoms with E-state index in [1.165, 1.54) is 31.4 Å². The van der Waals surface area contributed by atoms with Gasteiger partial charge >= 0.3 is 0 Å². The largest absolute Gasteiger partial charge is 0.494 e. The zero-order valence-electron chi connectivity index (χ0n) is 14.8. The number of amides is 1. The Balaban J connectivity index is 1.99. The molecular weight excluding hydrogens is 341 g/mol. The second kappa shape index (κ2) is 8.39. The summed E-state index contributed by atoms with van der Waals surface area (Å²) in [5, 5.41) is 13.7. The molecule has 2 aromatic rings. The maximum atomic E-state index is 13.7. The summed E-state index contributed by atoms with van der Waals surface area (Å²) in [5.41, 5.74) is 1.40. The van der Waals surface area contributed by atoms with E-state index < -0.39 is 16.6 Å². The van der Waals surface area contributed by atoms with Gasteiger partial charge in [-0.3, -0.25) is 19.8 Å². The molecule has 0 bridgehead atoms. The lowest BCUT2D eigenvalue weighted by Gasteiger charge is -2.17. The molecule has 0 atom stereocenters. The lowest BCUT2D eigenvalue weighted by Crippen LogP contribution is -2.30. The van der Waals surface area contributed by atoms with Crippen LogP contribution in [-0.4, -0.2) is 36.4 Å². The van der Waals surface area contributed by atoms with E-state index in [4.69, 9.17) is 4.74 Å². The lowest BCUT2D eigenvalue weighted by atomic mass is 10.2. The minimum atomic E-state index is -0.535. The van der Waals surface area contributed by atoms with Crippen molar-refractivity contribution in [3.8, 4) is 5.75 Å². The number of halogens is 1. The van der Waals surface area contributed by atoms with Crippen molar-refractivity contribution in [2.75, 3.05) is 26.0 Å². The average molecular weight is 361 g/mol. The molecule has 0 unspecified atom stereocenters. The topological polar surface area (TPSA) is 84.7 Å². The monoisotopic (exact) mass is 361 g/mol. The van der Waals surface area contributed by atoms with Crippen LogP contribution in [0.3, 0.4) is 0 Å². The number of nitro groups is 1. The van der Waals surface area contributed by atoms with Gasteiger partial charge in [0.15, 0.2) is 11.6 Å². The first kappa shape index (κ1) is 19.3. The summed E-state index contributed by atoms with van der Waals surface area (Å²) >= 11 is 0. The second-order valence-corrected chi connectivity index (χ2v) is 5.97. The van der Waals surface area contributed by atoms with E-state index in [1.807, 2.05) is 0 Å². The van der Waals surface area contributed by atoms with Gasteiger partial charge in [0.1, 0.15) is 5.69 Å². The minimum Gasteiger partial charge on any atom is -0.494 e. The molecule has 1 N–H and O–H groups in total. The van der Waals surface area contributed by atoms with Gasteiger partial charge in [-0.25, -0.2) is 4.39 Å². The molecule has 0 aliphatic carbocycles. The summed E-state index contributed by atoms with van der Waals surface area (Å²) < 4.78 is 18.6. The summed E-state index contributed by atoms with van der Waals surface area (Å²) in [6.07, 6.45) is 0. The first-order valence-electron chi connectivity index (χ1n) is 7.86. The number of hydrogen-bond donors (Lipinski definition) is 1. The van der Waals surface area contributed by atoms with E-state index in [1.54, 1.807) is 31.0 Å². The fraction of sp³-hybridized carbons (Fsp3) is 0.278. The number of anilines is 1. The van der Waals surface area contributed by atoms with Gasteiger partial charge in [-0.2, -0.15) is 0 Å². The number of aryl methyl sites for hydroxylation is 1. The first-order chi connectivity index (χ1) is 12.3. The van der Waals surface area contributed by atoms with Crippen LogP contribution in [-0.2, 0) is 11.3 Å². The molecule has 2 rings (SSSR count). The molecule has 8 heteroatoms. The molecule has 138 valence electrons. The molecule has 0 spiro atoms. The van der Waals surface area contributed by atoms with Crippen LogP contribution in [0.25, 0.3) is 0 Å². The Kier molecular flexibility index (Phi) is 6.24. The number of nitro benzene ring substituents is 1. The predicted molar refractivity (Wildman–Crippen MR) is 95.7 cm³/mol. The van der Waals surface area contributed by atoms with Gasteiger partial charge in [0.25, 0.3) is 5.69 Å². The van der Waals surface area contributed by atoms with Gasteiger partial charge in [-0.1, -0.05) is 12.1 Å². The molecule has 2 aromatic carbocycles. The number of hydrogen-bond acceptors (Lipinski definition) is 5. The van der Waals surface area contributed by atoms with Crippen molar-refractivity contribution in [2.45, 2.75) is 13.5 Å². The summed E-state index contributed by atoms with van der Waals surface area (Å²) in [6.45, 7) is 2.07. The number of likely N-dealkylation sites (N-methyl/N-ethyl adjacent to an activating group) is 1. The Morgan fingerprint density at radius 2 is 2.04 bits per heavy atom. The number of ether oxygens (including phenoxy) is 1. The zero-order chi connectivity index (χ0) is 19.3. The first-order valence-corrected chi connectivity index (χ1v) is 7.86. The number of nitrogens with zero attached hydrogens (tertiary/aromatic N) is 2. The van der Waals surface area contributed by atoms with Gasteiger partial charge in [-0.05, 0) is 43.3 Å². The standard InChI is InChI=1S/C18H20FN3O4/c1-12-4-6-15(16(8-12)22(24)25)20-18(23)11-21(2)10-13-5-7-17(26-3)14(19)9-13/h4-9H,10-11H2,1-3H3,(H,20,23). The van der Waals surface area contributed by atoms with Gasteiger partial charge in [0.05, 0.1) is 18.6 Å². The molecule has 0 saturated heterocycles. The fourth-order valence-electron chi connectivity index (χ4n) is 2.51. The third kappa shape index (κ3) is 5.00. The summed E-state index contributed by atoms with van der Waals surface area (Å²) in [6, 6.07) is 9.17. The number of carbonyl (C=O) groups excluding carboxylic acids is 1. The van der Waals surface area contributed by atoms with Crippen molar-refractivity contribution in [3.05, 3.63) is 63.5 Å². The molecular formula is C18H20FN3O4. The third-order valence-electron chi connectivity index (χ3n) is 3.71. The molecule has 0 heterocycles. The second-order valence-electron chi connectivity index (χ2n) is 5.97. The molecule has 0 aliphatic heterocycles. The molecule has 26 heavy (non-hydrogen) atoms. The average Bonchev–Trinajstić information content (AvgIpc) is 2.56. The van der Waals surface area contributed by atoms with Crippen LogP contribution in [0.15, 0.2) is 36.4 Å². The van der Waals surface area contributed by atoms with E-state index in [2.05, 4.69) is 5.32 Å². The van der Waals surface area contributed by atoms with Crippen LogP contribution in [0.5, 0.6) is 5.75 Å². The van der Waals surface area contributed by atoms with Crippen molar-refractivity contribution in [2.24, 2.45) is 0 Å². The Bertz CT molecular complexity index is 826. The van der Waals surface area contributed by atoms with E-state index in [0.717, 1.165) is 5.56 Å². The summed E-state index contributed by atoms with van der Waals surface area (Å²) in [7, 11) is 3.09. The van der Waals surface area contributed by atoms with E-state index >= 15 is 0 Å². The molecule has 0 radical (unpaired) electrons. The maximum Gasteiger partial charge on any atom is 0.293 e. The molecule has 0 saturated carbocycles. The van der Waals surface area contributed by atoms with Crippen molar-refractivity contribution < 1.29 is 18.8 Å². The zero-order valence-corrected chi connectivity index (χ0v) is 14.8. The van der Waals surface area contributed by atoms with Crippen LogP contribution in [0, 0.1) is 22.9 Å².